The first-order valence-corrected chi connectivity index (χ1v) is 8.50. The van der Waals surface area contributed by atoms with Crippen molar-refractivity contribution >= 4 is 0 Å². The van der Waals surface area contributed by atoms with Crippen LogP contribution in [0.3, 0.4) is 0 Å². The summed E-state index contributed by atoms with van der Waals surface area (Å²) >= 11 is 0. The van der Waals surface area contributed by atoms with Gasteiger partial charge < -0.3 is 24.8 Å². The zero-order chi connectivity index (χ0) is 19.6. The van der Waals surface area contributed by atoms with Gasteiger partial charge in [0.1, 0.15) is 25.0 Å². The predicted molar refractivity (Wildman–Crippen MR) is 93.9 cm³/mol. The Labute approximate surface area is 154 Å². The van der Waals surface area contributed by atoms with Crippen LogP contribution in [0, 0.1) is 6.92 Å². The van der Waals surface area contributed by atoms with Crippen LogP contribution in [0.15, 0.2) is 46.1 Å². The first-order valence-electron chi connectivity index (χ1n) is 8.50. The number of rotatable bonds is 6. The zero-order valence-corrected chi connectivity index (χ0v) is 14.8. The van der Waals surface area contributed by atoms with Crippen LogP contribution in [0.1, 0.15) is 17.4 Å². The fourth-order valence-corrected chi connectivity index (χ4v) is 2.99. The molecule has 1 aliphatic rings. The summed E-state index contributed by atoms with van der Waals surface area (Å²) in [6.07, 6.45) is -3.74. The highest BCUT2D eigenvalue weighted by Crippen LogP contribution is 2.28. The van der Waals surface area contributed by atoms with Gasteiger partial charge in [-0.2, -0.15) is 0 Å². The molecule has 9 nitrogen and oxygen atoms in total. The molecule has 3 N–H and O–H groups in total. The second-order valence-corrected chi connectivity index (χ2v) is 6.43. The van der Waals surface area contributed by atoms with Crippen LogP contribution in [0.5, 0.6) is 0 Å². The van der Waals surface area contributed by atoms with E-state index in [1.807, 2.05) is 30.3 Å². The van der Waals surface area contributed by atoms with Gasteiger partial charge in [-0.15, -0.1) is 0 Å². The maximum atomic E-state index is 12.7. The van der Waals surface area contributed by atoms with E-state index in [1.165, 1.54) is 13.1 Å². The highest BCUT2D eigenvalue weighted by atomic mass is 16.6. The lowest BCUT2D eigenvalue weighted by molar-refractivity contribution is -0.0567. The van der Waals surface area contributed by atoms with Crippen LogP contribution in [0.4, 0.5) is 0 Å². The molecule has 0 amide bonds. The van der Waals surface area contributed by atoms with Crippen molar-refractivity contribution in [2.45, 2.75) is 44.8 Å². The molecule has 1 aromatic carbocycles. The maximum Gasteiger partial charge on any atom is 0.335 e. The van der Waals surface area contributed by atoms with Gasteiger partial charge in [-0.05, 0) is 12.5 Å². The minimum absolute atomic E-state index is 0.217. The molecule has 0 saturated carbocycles. The van der Waals surface area contributed by atoms with Crippen LogP contribution in [0.2, 0.25) is 0 Å². The number of hydrogen-bond donors (Lipinski definition) is 3. The van der Waals surface area contributed by atoms with E-state index in [1.54, 1.807) is 0 Å². The van der Waals surface area contributed by atoms with Crippen LogP contribution in [-0.2, 0) is 22.8 Å². The molecule has 0 spiro atoms. The van der Waals surface area contributed by atoms with Gasteiger partial charge in [-0.1, -0.05) is 30.3 Å². The summed E-state index contributed by atoms with van der Waals surface area (Å²) in [4.78, 5) is 25.1. The van der Waals surface area contributed by atoms with Crippen molar-refractivity contribution in [3.63, 3.8) is 0 Å². The average molecular weight is 378 g/mol. The molecule has 1 aromatic heterocycles. The lowest BCUT2D eigenvalue weighted by Gasteiger charge is -2.19. The van der Waals surface area contributed by atoms with Crippen LogP contribution in [-0.4, -0.2) is 49.4 Å². The quantitative estimate of drug-likeness (QED) is 0.595. The lowest BCUT2D eigenvalue weighted by atomic mass is 10.1. The summed E-state index contributed by atoms with van der Waals surface area (Å²) in [5.74, 6) is 0. The van der Waals surface area contributed by atoms with Crippen LogP contribution in [0.25, 0.3) is 0 Å². The molecule has 27 heavy (non-hydrogen) atoms. The highest BCUT2D eigenvalue weighted by molar-refractivity contribution is 5.13. The van der Waals surface area contributed by atoms with E-state index in [-0.39, 0.29) is 18.9 Å². The van der Waals surface area contributed by atoms with Gasteiger partial charge in [-0.25, -0.2) is 9.36 Å². The zero-order valence-electron chi connectivity index (χ0n) is 14.8. The topological polar surface area (TPSA) is 123 Å². The van der Waals surface area contributed by atoms with Gasteiger partial charge in [0.25, 0.3) is 5.56 Å². The van der Waals surface area contributed by atoms with Gasteiger partial charge in [-0.3, -0.25) is 9.36 Å². The molecule has 2 heterocycles. The predicted octanol–water partition coefficient (Wildman–Crippen LogP) is -0.896. The van der Waals surface area contributed by atoms with Crippen LogP contribution < -0.4 is 11.2 Å². The minimum atomic E-state index is -1.42. The molecule has 0 aliphatic carbocycles. The molecule has 1 aliphatic heterocycles. The fourth-order valence-electron chi connectivity index (χ4n) is 2.99. The summed E-state index contributed by atoms with van der Waals surface area (Å²) < 4.78 is 12.8. The monoisotopic (exact) mass is 378 g/mol. The highest BCUT2D eigenvalue weighted by Gasteiger charge is 2.44. The molecule has 4 atom stereocenters. The first kappa shape index (κ1) is 19.5. The van der Waals surface area contributed by atoms with Gasteiger partial charge >= 0.3 is 5.69 Å². The standard InChI is InChI=1S/C18H22N2O7/c1-11-7-19(17-15(23)14(22)13(8-21)27-17)18(25)20(16(11)24)10-26-9-12-5-3-2-4-6-12/h2-7,13-15,17,21-23H,8-10H2,1H3/t13-,14-,15-,17-/m1/s1. The molecule has 0 unspecified atom stereocenters. The van der Waals surface area contributed by atoms with Crippen molar-refractivity contribution in [2.75, 3.05) is 6.61 Å². The lowest BCUT2D eigenvalue weighted by Crippen LogP contribution is -2.44. The Morgan fingerprint density at radius 2 is 1.85 bits per heavy atom. The van der Waals surface area contributed by atoms with Crippen molar-refractivity contribution < 1.29 is 24.8 Å². The van der Waals surface area contributed by atoms with Crippen molar-refractivity contribution in [2.24, 2.45) is 0 Å². The van der Waals surface area contributed by atoms with E-state index >= 15 is 0 Å². The molecule has 3 rings (SSSR count). The SMILES string of the molecule is Cc1cn([C@@H]2O[C@H](CO)[C@@H](O)[C@H]2O)c(=O)n(COCc2ccccc2)c1=O. The van der Waals surface area contributed by atoms with Crippen LogP contribution >= 0.6 is 0 Å². The van der Waals surface area contributed by atoms with Gasteiger partial charge in [0, 0.05) is 11.8 Å². The van der Waals surface area contributed by atoms with E-state index in [9.17, 15) is 24.9 Å². The Morgan fingerprint density at radius 3 is 2.48 bits per heavy atom. The second kappa shape index (κ2) is 8.15. The molecular weight excluding hydrogens is 356 g/mol. The number of ether oxygens (including phenoxy) is 2. The molecule has 0 bridgehead atoms. The first-order chi connectivity index (χ1) is 12.9. The third-order valence-corrected chi connectivity index (χ3v) is 4.49. The molecule has 1 fully saturated rings. The number of benzene rings is 1. The molecule has 0 radical (unpaired) electrons. The Bertz CT molecular complexity index is 893. The Hall–Kier alpha value is -2.30. The summed E-state index contributed by atoms with van der Waals surface area (Å²) in [7, 11) is 0. The molecule has 9 heteroatoms. The summed E-state index contributed by atoms with van der Waals surface area (Å²) in [5.41, 5.74) is -0.123. The van der Waals surface area contributed by atoms with Crippen molar-refractivity contribution in [3.8, 4) is 0 Å². The van der Waals surface area contributed by atoms with E-state index in [0.29, 0.717) is 0 Å². The summed E-state index contributed by atoms with van der Waals surface area (Å²) in [5, 5.41) is 29.3. The smallest absolute Gasteiger partial charge is 0.335 e. The van der Waals surface area contributed by atoms with Gasteiger partial charge in [0.05, 0.1) is 13.2 Å². The number of nitrogens with zero attached hydrogens (tertiary/aromatic N) is 2. The Balaban J connectivity index is 1.85. The number of aliphatic hydroxyl groups excluding tert-OH is 3. The van der Waals surface area contributed by atoms with E-state index < -0.39 is 42.4 Å². The van der Waals surface area contributed by atoms with E-state index in [2.05, 4.69) is 0 Å². The molecule has 146 valence electrons. The molecule has 1 saturated heterocycles. The van der Waals surface area contributed by atoms with Crippen molar-refractivity contribution in [3.05, 3.63) is 68.5 Å². The third kappa shape index (κ3) is 3.87. The average Bonchev–Trinajstić information content (AvgIpc) is 2.96. The summed E-state index contributed by atoms with van der Waals surface area (Å²) in [6, 6.07) is 9.29. The van der Waals surface area contributed by atoms with E-state index in [0.717, 1.165) is 14.7 Å². The number of aryl methyl sites for hydroxylation is 1. The molecule has 2 aromatic rings. The Morgan fingerprint density at radius 1 is 1.15 bits per heavy atom. The summed E-state index contributed by atoms with van der Waals surface area (Å²) in [6.45, 7) is 0.951. The third-order valence-electron chi connectivity index (χ3n) is 4.49. The van der Waals surface area contributed by atoms with E-state index in [4.69, 9.17) is 9.47 Å². The number of hydrogen-bond acceptors (Lipinski definition) is 7. The normalized spacial score (nSPS) is 25.0. The van der Waals surface area contributed by atoms with Crippen molar-refractivity contribution in [1.82, 2.24) is 9.13 Å². The minimum Gasteiger partial charge on any atom is -0.394 e. The van der Waals surface area contributed by atoms with Gasteiger partial charge in [0.15, 0.2) is 6.23 Å². The largest absolute Gasteiger partial charge is 0.394 e. The van der Waals surface area contributed by atoms with Gasteiger partial charge in [0.2, 0.25) is 0 Å². The number of aliphatic hydroxyl groups is 3. The number of aromatic nitrogens is 2. The second-order valence-electron chi connectivity index (χ2n) is 6.43. The molecular formula is C18H22N2O7. The fraction of sp³-hybridized carbons (Fsp3) is 0.444. The maximum absolute atomic E-state index is 12.7. The van der Waals surface area contributed by atoms with Crippen molar-refractivity contribution in [1.29, 1.82) is 0 Å². The Kier molecular flexibility index (Phi) is 5.88.